The Morgan fingerprint density at radius 3 is 2.17 bits per heavy atom. The summed E-state index contributed by atoms with van der Waals surface area (Å²) in [6.45, 7) is 6.93. The second-order valence-electron chi connectivity index (χ2n) is 8.10. The highest BCUT2D eigenvalue weighted by Gasteiger charge is 2.50. The third-order valence-corrected chi connectivity index (χ3v) is 6.94. The number of amides is 1. The first-order valence-electron chi connectivity index (χ1n) is 10.3. The van der Waals surface area contributed by atoms with E-state index >= 15 is 0 Å². The predicted molar refractivity (Wildman–Crippen MR) is 117 cm³/mol. The van der Waals surface area contributed by atoms with E-state index < -0.39 is 15.4 Å². The molecule has 0 aromatic heterocycles. The summed E-state index contributed by atoms with van der Waals surface area (Å²) in [4.78, 5) is 12.8. The quantitative estimate of drug-likeness (QED) is 0.591. The van der Waals surface area contributed by atoms with Gasteiger partial charge in [-0.05, 0) is 60.6 Å². The second kappa shape index (κ2) is 8.57. The van der Waals surface area contributed by atoms with Gasteiger partial charge in [-0.2, -0.15) is 0 Å². The molecule has 1 aliphatic rings. The molecule has 0 aliphatic heterocycles. The molecule has 0 atom stereocenters. The van der Waals surface area contributed by atoms with Gasteiger partial charge >= 0.3 is 0 Å². The molecule has 2 aromatic rings. The van der Waals surface area contributed by atoms with E-state index in [1.807, 2.05) is 24.3 Å². The normalized spacial score (nSPS) is 15.2. The molecular weight excluding hydrogens is 384 g/mol. The van der Waals surface area contributed by atoms with Gasteiger partial charge in [0.05, 0.1) is 10.3 Å². The molecule has 156 valence electrons. The van der Waals surface area contributed by atoms with Crippen LogP contribution in [-0.2, 0) is 20.2 Å². The average molecular weight is 415 g/mol. The van der Waals surface area contributed by atoms with Crippen LogP contribution in [0.2, 0.25) is 0 Å². The highest BCUT2D eigenvalue weighted by molar-refractivity contribution is 7.92. The van der Waals surface area contributed by atoms with Crippen molar-refractivity contribution >= 4 is 21.6 Å². The monoisotopic (exact) mass is 414 g/mol. The molecule has 0 heterocycles. The molecule has 1 amide bonds. The Morgan fingerprint density at radius 2 is 1.66 bits per heavy atom. The first-order chi connectivity index (χ1) is 13.8. The van der Waals surface area contributed by atoms with Gasteiger partial charge in [0.2, 0.25) is 5.91 Å². The maximum Gasteiger partial charge on any atom is 0.261 e. The van der Waals surface area contributed by atoms with E-state index in [0.29, 0.717) is 18.2 Å². The molecule has 6 heteroatoms. The molecule has 0 unspecified atom stereocenters. The summed E-state index contributed by atoms with van der Waals surface area (Å²) in [6.07, 6.45) is 3.68. The van der Waals surface area contributed by atoms with E-state index in [4.69, 9.17) is 0 Å². The maximum absolute atomic E-state index is 12.7. The Kier molecular flexibility index (Phi) is 6.32. The van der Waals surface area contributed by atoms with Crippen molar-refractivity contribution in [1.29, 1.82) is 0 Å². The summed E-state index contributed by atoms with van der Waals surface area (Å²) >= 11 is 0. The summed E-state index contributed by atoms with van der Waals surface area (Å²) < 4.78 is 27.9. The van der Waals surface area contributed by atoms with Crippen LogP contribution in [0, 0.1) is 0 Å². The van der Waals surface area contributed by atoms with E-state index in [9.17, 15) is 13.2 Å². The zero-order valence-corrected chi connectivity index (χ0v) is 18.2. The molecule has 2 N–H and O–H groups in total. The number of rotatable bonds is 9. The predicted octanol–water partition coefficient (Wildman–Crippen LogP) is 4.56. The summed E-state index contributed by atoms with van der Waals surface area (Å²) in [7, 11) is -3.65. The van der Waals surface area contributed by atoms with Crippen molar-refractivity contribution in [2.45, 2.75) is 62.7 Å². The molecule has 0 spiro atoms. The lowest BCUT2D eigenvalue weighted by atomic mass is 9.94. The fraction of sp³-hybridized carbons (Fsp3) is 0.435. The Bertz CT molecular complexity index is 945. The Hall–Kier alpha value is -2.34. The highest BCUT2D eigenvalue weighted by atomic mass is 32.2. The lowest BCUT2D eigenvalue weighted by Gasteiger charge is -2.16. The maximum atomic E-state index is 12.7. The van der Waals surface area contributed by atoms with Crippen LogP contribution in [0.1, 0.15) is 63.5 Å². The van der Waals surface area contributed by atoms with Crippen LogP contribution in [0.5, 0.6) is 0 Å². The third kappa shape index (κ3) is 4.81. The van der Waals surface area contributed by atoms with Crippen molar-refractivity contribution in [1.82, 2.24) is 5.32 Å². The van der Waals surface area contributed by atoms with Crippen molar-refractivity contribution in [2.24, 2.45) is 0 Å². The zero-order valence-electron chi connectivity index (χ0n) is 17.4. The number of unbranched alkanes of at least 4 members (excludes halogenated alkanes) is 1. The highest BCUT2D eigenvalue weighted by Crippen LogP contribution is 2.48. The van der Waals surface area contributed by atoms with Crippen molar-refractivity contribution in [2.75, 3.05) is 11.3 Å². The number of nitrogens with one attached hydrogen (secondary N) is 2. The molecule has 3 rings (SSSR count). The van der Waals surface area contributed by atoms with E-state index in [1.54, 1.807) is 24.3 Å². The van der Waals surface area contributed by atoms with Gasteiger partial charge in [-0.15, -0.1) is 0 Å². The molecule has 29 heavy (non-hydrogen) atoms. The molecule has 1 aliphatic carbocycles. The molecule has 2 aromatic carbocycles. The number of carbonyl (C=O) groups excluding carboxylic acids is 1. The van der Waals surface area contributed by atoms with Crippen LogP contribution in [0.25, 0.3) is 0 Å². The van der Waals surface area contributed by atoms with Crippen LogP contribution in [0.3, 0.4) is 0 Å². The van der Waals surface area contributed by atoms with Crippen molar-refractivity contribution in [3.05, 3.63) is 59.7 Å². The van der Waals surface area contributed by atoms with Crippen LogP contribution >= 0.6 is 0 Å². The first kappa shape index (κ1) is 21.4. The topological polar surface area (TPSA) is 75.3 Å². The van der Waals surface area contributed by atoms with Gasteiger partial charge in [-0.3, -0.25) is 9.52 Å². The fourth-order valence-corrected chi connectivity index (χ4v) is 4.48. The minimum absolute atomic E-state index is 0.0736. The molecule has 0 bridgehead atoms. The number of hydrogen-bond donors (Lipinski definition) is 2. The lowest BCUT2D eigenvalue weighted by Crippen LogP contribution is -2.35. The molecule has 0 radical (unpaired) electrons. The molecule has 1 fully saturated rings. The molecule has 5 nitrogen and oxygen atoms in total. The van der Waals surface area contributed by atoms with Crippen molar-refractivity contribution in [3.63, 3.8) is 0 Å². The van der Waals surface area contributed by atoms with Gasteiger partial charge in [0.1, 0.15) is 0 Å². The smallest absolute Gasteiger partial charge is 0.261 e. The molecule has 0 saturated heterocycles. The van der Waals surface area contributed by atoms with E-state index in [-0.39, 0.29) is 10.8 Å². The van der Waals surface area contributed by atoms with Gasteiger partial charge < -0.3 is 5.32 Å². The summed E-state index contributed by atoms with van der Waals surface area (Å²) in [5.74, 6) is 0.422. The van der Waals surface area contributed by atoms with Crippen LogP contribution in [0.4, 0.5) is 5.69 Å². The lowest BCUT2D eigenvalue weighted by molar-refractivity contribution is -0.123. The van der Waals surface area contributed by atoms with Gasteiger partial charge in [0.15, 0.2) is 0 Å². The Morgan fingerprint density at radius 1 is 1.03 bits per heavy atom. The third-order valence-electron chi connectivity index (χ3n) is 5.55. The van der Waals surface area contributed by atoms with Gasteiger partial charge in [-0.1, -0.05) is 51.5 Å². The van der Waals surface area contributed by atoms with Crippen LogP contribution in [0.15, 0.2) is 53.4 Å². The number of sulfonamides is 1. The van der Waals surface area contributed by atoms with Crippen molar-refractivity contribution in [3.8, 4) is 0 Å². The average Bonchev–Trinajstić information content (AvgIpc) is 3.50. The molecule has 1 saturated carbocycles. The van der Waals surface area contributed by atoms with E-state index in [0.717, 1.165) is 36.8 Å². The van der Waals surface area contributed by atoms with E-state index in [2.05, 4.69) is 30.8 Å². The zero-order chi connectivity index (χ0) is 21.1. The summed E-state index contributed by atoms with van der Waals surface area (Å²) in [6, 6.07) is 14.1. The summed E-state index contributed by atoms with van der Waals surface area (Å²) in [5.41, 5.74) is 2.08. The number of carbonyl (C=O) groups is 1. The number of hydrogen-bond acceptors (Lipinski definition) is 3. The summed E-state index contributed by atoms with van der Waals surface area (Å²) in [5, 5.41) is 3.02. The van der Waals surface area contributed by atoms with E-state index in [1.165, 1.54) is 0 Å². The minimum Gasteiger partial charge on any atom is -0.355 e. The fourth-order valence-electron chi connectivity index (χ4n) is 3.42. The van der Waals surface area contributed by atoms with Crippen LogP contribution in [-0.4, -0.2) is 20.9 Å². The number of benzene rings is 2. The van der Waals surface area contributed by atoms with Gasteiger partial charge in [0, 0.05) is 12.2 Å². The Balaban J connectivity index is 1.69. The first-order valence-corrected chi connectivity index (χ1v) is 11.8. The van der Waals surface area contributed by atoms with Gasteiger partial charge in [-0.25, -0.2) is 8.42 Å². The standard InChI is InChI=1S/C23H30N2O3S/c1-4-5-16-24-22(26)23(14-15-23)19-8-10-20(11-9-19)25-29(27,28)21-12-6-18(7-13-21)17(2)3/h6-13,17,25H,4-5,14-16H2,1-3H3,(H,24,26). The number of anilines is 1. The van der Waals surface area contributed by atoms with Crippen molar-refractivity contribution < 1.29 is 13.2 Å². The minimum atomic E-state index is -3.65. The van der Waals surface area contributed by atoms with Gasteiger partial charge in [0.25, 0.3) is 10.0 Å². The van der Waals surface area contributed by atoms with Crippen LogP contribution < -0.4 is 10.0 Å². The Labute approximate surface area is 174 Å². The SMILES string of the molecule is CCCCNC(=O)C1(c2ccc(NS(=O)(=O)c3ccc(C(C)C)cc3)cc2)CC1. The largest absolute Gasteiger partial charge is 0.355 e. The molecular formula is C23H30N2O3S. The second-order valence-corrected chi connectivity index (χ2v) is 9.78.